The number of rotatable bonds is 3. The number of hydrogen-bond donors (Lipinski definition) is 0. The Labute approximate surface area is 114 Å². The van der Waals surface area contributed by atoms with Crippen molar-refractivity contribution in [2.75, 3.05) is 31.2 Å². The van der Waals surface area contributed by atoms with Crippen molar-refractivity contribution in [2.45, 2.75) is 6.10 Å². The molecule has 8 heteroatoms. The largest absolute Gasteiger partial charge is 0.486 e. The van der Waals surface area contributed by atoms with E-state index in [1.807, 2.05) is 0 Å². The van der Waals surface area contributed by atoms with Crippen LogP contribution in [0.2, 0.25) is 0 Å². The SMILES string of the molecule is [N-]=[N+]=NC[C@H]1CN(c2ccc3c(c2)OCCO3)C(=O)O1. The quantitative estimate of drug-likeness (QED) is 0.479. The van der Waals surface area contributed by atoms with Gasteiger partial charge in [-0.05, 0) is 17.7 Å². The second-order valence-electron chi connectivity index (χ2n) is 4.36. The van der Waals surface area contributed by atoms with Gasteiger partial charge < -0.3 is 14.2 Å². The summed E-state index contributed by atoms with van der Waals surface area (Å²) in [5.41, 5.74) is 8.95. The number of carbonyl (C=O) groups excluding carboxylic acids is 1. The predicted octanol–water partition coefficient (Wildman–Crippen LogP) is 2.09. The van der Waals surface area contributed by atoms with E-state index in [-0.39, 0.29) is 6.54 Å². The van der Waals surface area contributed by atoms with Gasteiger partial charge in [0.25, 0.3) is 0 Å². The van der Waals surface area contributed by atoms with Crippen molar-refractivity contribution in [3.8, 4) is 11.5 Å². The van der Waals surface area contributed by atoms with Gasteiger partial charge in [0.1, 0.15) is 19.3 Å². The highest BCUT2D eigenvalue weighted by molar-refractivity contribution is 5.90. The molecular formula is C12H12N4O4. The third-order valence-corrected chi connectivity index (χ3v) is 3.06. The van der Waals surface area contributed by atoms with Crippen LogP contribution in [0, 0.1) is 0 Å². The summed E-state index contributed by atoms with van der Waals surface area (Å²) in [5.74, 6) is 1.28. The van der Waals surface area contributed by atoms with E-state index < -0.39 is 12.2 Å². The van der Waals surface area contributed by atoms with E-state index in [0.717, 1.165) is 0 Å². The highest BCUT2D eigenvalue weighted by Crippen LogP contribution is 2.35. The normalized spacial score (nSPS) is 20.3. The van der Waals surface area contributed by atoms with Crippen molar-refractivity contribution in [3.05, 3.63) is 28.6 Å². The van der Waals surface area contributed by atoms with Crippen molar-refractivity contribution >= 4 is 11.8 Å². The molecule has 3 rings (SSSR count). The van der Waals surface area contributed by atoms with E-state index >= 15 is 0 Å². The smallest absolute Gasteiger partial charge is 0.414 e. The molecule has 0 aliphatic carbocycles. The van der Waals surface area contributed by atoms with Gasteiger partial charge in [-0.3, -0.25) is 4.90 Å². The van der Waals surface area contributed by atoms with Gasteiger partial charge in [-0.25, -0.2) is 4.79 Å². The van der Waals surface area contributed by atoms with Gasteiger partial charge in [-0.1, -0.05) is 5.11 Å². The monoisotopic (exact) mass is 276 g/mol. The lowest BCUT2D eigenvalue weighted by Crippen LogP contribution is -2.25. The van der Waals surface area contributed by atoms with Crippen LogP contribution < -0.4 is 14.4 Å². The van der Waals surface area contributed by atoms with Gasteiger partial charge in [-0.2, -0.15) is 0 Å². The number of nitrogens with zero attached hydrogens (tertiary/aromatic N) is 4. The summed E-state index contributed by atoms with van der Waals surface area (Å²) in [4.78, 5) is 16.0. The van der Waals surface area contributed by atoms with Crippen LogP contribution in [0.5, 0.6) is 11.5 Å². The number of azide groups is 1. The van der Waals surface area contributed by atoms with Crippen LogP contribution in [0.4, 0.5) is 10.5 Å². The maximum Gasteiger partial charge on any atom is 0.414 e. The summed E-state index contributed by atoms with van der Waals surface area (Å²) in [5, 5.41) is 3.42. The Morgan fingerprint density at radius 3 is 2.95 bits per heavy atom. The maximum atomic E-state index is 11.8. The van der Waals surface area contributed by atoms with E-state index in [1.165, 1.54) is 4.90 Å². The van der Waals surface area contributed by atoms with Crippen LogP contribution in [0.25, 0.3) is 10.4 Å². The molecule has 104 valence electrons. The van der Waals surface area contributed by atoms with Crippen molar-refractivity contribution < 1.29 is 19.0 Å². The minimum atomic E-state index is -0.459. The average Bonchev–Trinajstić information content (AvgIpc) is 2.85. The first-order chi connectivity index (χ1) is 9.78. The Bertz CT molecular complexity index is 585. The standard InChI is InChI=1S/C12H12N4O4/c13-15-14-6-9-7-16(12(17)20-9)8-1-2-10-11(5-8)19-4-3-18-10/h1-2,5,9H,3-4,6-7H2/t9-/m0/s1. The summed E-state index contributed by atoms with van der Waals surface area (Å²) >= 11 is 0. The van der Waals surface area contributed by atoms with E-state index in [1.54, 1.807) is 18.2 Å². The molecule has 1 aromatic carbocycles. The van der Waals surface area contributed by atoms with Crippen molar-refractivity contribution in [2.24, 2.45) is 5.11 Å². The topological polar surface area (TPSA) is 96.8 Å². The minimum Gasteiger partial charge on any atom is -0.486 e. The van der Waals surface area contributed by atoms with Gasteiger partial charge >= 0.3 is 6.09 Å². The zero-order chi connectivity index (χ0) is 13.9. The molecule has 1 amide bonds. The Balaban J connectivity index is 1.79. The molecule has 1 saturated heterocycles. The number of anilines is 1. The molecule has 2 aliphatic rings. The summed E-state index contributed by atoms with van der Waals surface area (Å²) in [6.07, 6.45) is -0.883. The summed E-state index contributed by atoms with van der Waals surface area (Å²) in [6, 6.07) is 5.27. The number of hydrogen-bond acceptors (Lipinski definition) is 5. The maximum absolute atomic E-state index is 11.8. The lowest BCUT2D eigenvalue weighted by Gasteiger charge is -2.20. The van der Waals surface area contributed by atoms with E-state index in [0.29, 0.717) is 36.9 Å². The zero-order valence-electron chi connectivity index (χ0n) is 10.6. The van der Waals surface area contributed by atoms with Gasteiger partial charge in [0.15, 0.2) is 11.5 Å². The third-order valence-electron chi connectivity index (χ3n) is 3.06. The zero-order valence-corrected chi connectivity index (χ0v) is 10.6. The molecular weight excluding hydrogens is 264 g/mol. The lowest BCUT2D eigenvalue weighted by atomic mass is 10.2. The third kappa shape index (κ3) is 2.28. The Morgan fingerprint density at radius 2 is 2.15 bits per heavy atom. The molecule has 2 aliphatic heterocycles. The number of benzene rings is 1. The summed E-state index contributed by atoms with van der Waals surface area (Å²) in [6.45, 7) is 1.48. The minimum absolute atomic E-state index is 0.128. The fourth-order valence-corrected chi connectivity index (χ4v) is 2.15. The Kier molecular flexibility index (Phi) is 3.22. The molecule has 20 heavy (non-hydrogen) atoms. The Morgan fingerprint density at radius 1 is 1.35 bits per heavy atom. The van der Waals surface area contributed by atoms with Crippen molar-refractivity contribution in [3.63, 3.8) is 0 Å². The fraction of sp³-hybridized carbons (Fsp3) is 0.417. The highest BCUT2D eigenvalue weighted by atomic mass is 16.6. The predicted molar refractivity (Wildman–Crippen MR) is 69.1 cm³/mol. The number of cyclic esters (lactones) is 1. The molecule has 1 aromatic rings. The van der Waals surface area contributed by atoms with Crippen LogP contribution in [0.3, 0.4) is 0 Å². The van der Waals surface area contributed by atoms with Gasteiger partial charge in [0.05, 0.1) is 18.8 Å². The lowest BCUT2D eigenvalue weighted by molar-refractivity contribution is 0.145. The van der Waals surface area contributed by atoms with E-state index in [4.69, 9.17) is 19.7 Å². The molecule has 0 bridgehead atoms. The number of amides is 1. The molecule has 0 radical (unpaired) electrons. The average molecular weight is 276 g/mol. The summed E-state index contributed by atoms with van der Waals surface area (Å²) in [7, 11) is 0. The second kappa shape index (κ2) is 5.18. The molecule has 0 N–H and O–H groups in total. The van der Waals surface area contributed by atoms with Crippen LogP contribution >= 0.6 is 0 Å². The summed E-state index contributed by atoms with van der Waals surface area (Å²) < 4.78 is 16.0. The van der Waals surface area contributed by atoms with Crippen LogP contribution in [-0.4, -0.2) is 38.5 Å². The number of carbonyl (C=O) groups is 1. The van der Waals surface area contributed by atoms with E-state index in [9.17, 15) is 4.79 Å². The first kappa shape index (κ1) is 12.4. The molecule has 0 saturated carbocycles. The van der Waals surface area contributed by atoms with Gasteiger partial charge in [0, 0.05) is 11.0 Å². The highest BCUT2D eigenvalue weighted by Gasteiger charge is 2.32. The molecule has 8 nitrogen and oxygen atoms in total. The molecule has 0 spiro atoms. The van der Waals surface area contributed by atoms with Gasteiger partial charge in [-0.15, -0.1) is 0 Å². The van der Waals surface area contributed by atoms with Crippen LogP contribution in [0.1, 0.15) is 0 Å². The fourth-order valence-electron chi connectivity index (χ4n) is 2.15. The molecule has 2 heterocycles. The molecule has 0 unspecified atom stereocenters. The van der Waals surface area contributed by atoms with E-state index in [2.05, 4.69) is 10.0 Å². The van der Waals surface area contributed by atoms with Crippen LogP contribution in [0.15, 0.2) is 23.3 Å². The van der Waals surface area contributed by atoms with Crippen LogP contribution in [-0.2, 0) is 4.74 Å². The second-order valence-corrected chi connectivity index (χ2v) is 4.36. The van der Waals surface area contributed by atoms with Crippen molar-refractivity contribution in [1.29, 1.82) is 0 Å². The first-order valence-electron chi connectivity index (χ1n) is 6.16. The first-order valence-corrected chi connectivity index (χ1v) is 6.16. The number of ether oxygens (including phenoxy) is 3. The van der Waals surface area contributed by atoms with Gasteiger partial charge in [0.2, 0.25) is 0 Å². The molecule has 1 fully saturated rings. The number of fused-ring (bicyclic) bond motifs is 1. The Hall–Kier alpha value is -2.60. The van der Waals surface area contributed by atoms with Crippen molar-refractivity contribution in [1.82, 2.24) is 0 Å². The molecule has 1 atom stereocenters. The molecule has 0 aromatic heterocycles.